The van der Waals surface area contributed by atoms with Gasteiger partial charge in [0.15, 0.2) is 6.29 Å². The van der Waals surface area contributed by atoms with Crippen LogP contribution >= 0.6 is 0 Å². The van der Waals surface area contributed by atoms with Crippen molar-refractivity contribution >= 4 is 5.97 Å². The molecule has 8 nitrogen and oxygen atoms in total. The van der Waals surface area contributed by atoms with Crippen molar-refractivity contribution in [2.24, 2.45) is 40.4 Å². The number of rotatable bonds is 3. The summed E-state index contributed by atoms with van der Waals surface area (Å²) in [6.07, 6.45) is 7.28. The summed E-state index contributed by atoms with van der Waals surface area (Å²) in [5, 5.41) is 21.1. The van der Waals surface area contributed by atoms with Crippen molar-refractivity contribution in [2.45, 2.75) is 120 Å². The lowest BCUT2D eigenvalue weighted by atomic mass is 9.44. The molecule has 14 atom stereocenters. The van der Waals surface area contributed by atoms with Crippen LogP contribution in [0.25, 0.3) is 0 Å². The summed E-state index contributed by atoms with van der Waals surface area (Å²) in [7, 11) is 1.51. The Labute approximate surface area is 226 Å². The fourth-order valence-corrected chi connectivity index (χ4v) is 11.0. The number of aliphatic hydroxyl groups is 2. The number of fused-ring (bicyclic) bond motifs is 5. The molecule has 7 aliphatic rings. The van der Waals surface area contributed by atoms with E-state index >= 15 is 0 Å². The molecule has 7 fully saturated rings. The van der Waals surface area contributed by atoms with Gasteiger partial charge in [0.2, 0.25) is 0 Å². The summed E-state index contributed by atoms with van der Waals surface area (Å²) >= 11 is 0. The molecule has 3 heterocycles. The van der Waals surface area contributed by atoms with E-state index < -0.39 is 30.7 Å². The van der Waals surface area contributed by atoms with E-state index in [-0.39, 0.29) is 23.1 Å². The van der Waals surface area contributed by atoms with Gasteiger partial charge in [-0.15, -0.1) is 0 Å². The molecule has 2 spiro atoms. The van der Waals surface area contributed by atoms with Gasteiger partial charge in [-0.3, -0.25) is 4.79 Å². The highest BCUT2D eigenvalue weighted by atomic mass is 16.7. The number of methoxy groups -OCH3 is 1. The molecule has 0 unspecified atom stereocenters. The topological polar surface area (TPSA) is 104 Å². The summed E-state index contributed by atoms with van der Waals surface area (Å²) in [6.45, 7) is 5.63. The van der Waals surface area contributed by atoms with Crippen LogP contribution in [0.1, 0.15) is 78.1 Å². The number of hydrogen-bond acceptors (Lipinski definition) is 8. The van der Waals surface area contributed by atoms with Gasteiger partial charge in [-0.25, -0.2) is 0 Å². The van der Waals surface area contributed by atoms with Crippen LogP contribution in [0.4, 0.5) is 0 Å². The van der Waals surface area contributed by atoms with Crippen LogP contribution in [0.3, 0.4) is 0 Å². The van der Waals surface area contributed by atoms with Crippen LogP contribution in [0.15, 0.2) is 0 Å². The standard InChI is InChI=1S/C30H46O8/c1-16-24(32)26(34-3)25(33)27(37-16)38-18-8-10-28(2)17(12-18)4-5-19-20(28)9-11-29-14-36-30(13-23(31)35-15-30)22(29)7-6-21(19)29/h16-22,24-27,32-33H,4-15H2,1-3H3/t16-,17+,18-,19+,20-,21+,22-,24-,25-,26+,27-,28-,29+,30+/m0/s1. The van der Waals surface area contributed by atoms with E-state index in [1.54, 1.807) is 6.92 Å². The van der Waals surface area contributed by atoms with Crippen molar-refractivity contribution in [1.29, 1.82) is 0 Å². The predicted octanol–water partition coefficient (Wildman–Crippen LogP) is 3.21. The lowest BCUT2D eigenvalue weighted by Gasteiger charge is -2.61. The molecular weight excluding hydrogens is 488 g/mol. The third-order valence-corrected chi connectivity index (χ3v) is 12.9. The molecule has 3 aliphatic heterocycles. The molecule has 0 aromatic carbocycles. The van der Waals surface area contributed by atoms with Gasteiger partial charge in [-0.2, -0.15) is 0 Å². The van der Waals surface area contributed by atoms with Crippen molar-refractivity contribution in [3.8, 4) is 0 Å². The first-order valence-electron chi connectivity index (χ1n) is 15.2. The van der Waals surface area contributed by atoms with Crippen molar-refractivity contribution in [2.75, 3.05) is 20.3 Å². The van der Waals surface area contributed by atoms with Crippen molar-refractivity contribution in [1.82, 2.24) is 0 Å². The Morgan fingerprint density at radius 1 is 0.974 bits per heavy atom. The van der Waals surface area contributed by atoms with E-state index in [0.29, 0.717) is 36.2 Å². The fraction of sp³-hybridized carbons (Fsp3) is 0.967. The minimum Gasteiger partial charge on any atom is -0.462 e. The minimum atomic E-state index is -1.00. The lowest BCUT2D eigenvalue weighted by Crippen LogP contribution is -2.59. The maximum absolute atomic E-state index is 12.1. The summed E-state index contributed by atoms with van der Waals surface area (Å²) in [6, 6.07) is 0. The molecule has 7 rings (SSSR count). The first kappa shape index (κ1) is 26.1. The third-order valence-electron chi connectivity index (χ3n) is 12.9. The first-order valence-corrected chi connectivity index (χ1v) is 15.2. The summed E-state index contributed by atoms with van der Waals surface area (Å²) in [5.74, 6) is 3.19. The van der Waals surface area contributed by atoms with Gasteiger partial charge >= 0.3 is 5.97 Å². The number of aliphatic hydroxyl groups excluding tert-OH is 2. The molecular formula is C30H46O8. The highest BCUT2D eigenvalue weighted by molar-refractivity contribution is 5.73. The highest BCUT2D eigenvalue weighted by Crippen LogP contribution is 2.71. The van der Waals surface area contributed by atoms with Gasteiger partial charge < -0.3 is 33.9 Å². The van der Waals surface area contributed by atoms with Crippen molar-refractivity contribution in [3.05, 3.63) is 0 Å². The second kappa shape index (κ2) is 9.12. The maximum atomic E-state index is 12.1. The molecule has 4 saturated carbocycles. The van der Waals surface area contributed by atoms with Crippen LogP contribution in [-0.2, 0) is 28.5 Å². The second-order valence-electron chi connectivity index (χ2n) is 14.2. The number of cyclic esters (lactones) is 1. The predicted molar refractivity (Wildman–Crippen MR) is 136 cm³/mol. The summed E-state index contributed by atoms with van der Waals surface area (Å²) in [4.78, 5) is 12.1. The molecule has 0 aromatic heterocycles. The number of carbonyl (C=O) groups is 1. The largest absolute Gasteiger partial charge is 0.462 e. The Balaban J connectivity index is 1.04. The minimum absolute atomic E-state index is 0.0537. The van der Waals surface area contributed by atoms with E-state index in [0.717, 1.165) is 37.7 Å². The summed E-state index contributed by atoms with van der Waals surface area (Å²) in [5.41, 5.74) is 0.208. The Morgan fingerprint density at radius 3 is 2.58 bits per heavy atom. The number of carbonyl (C=O) groups excluding carboxylic acids is 1. The Kier molecular flexibility index (Phi) is 6.27. The van der Waals surface area contributed by atoms with Gasteiger partial charge in [0.25, 0.3) is 0 Å². The van der Waals surface area contributed by atoms with Gasteiger partial charge in [0.05, 0.1) is 25.2 Å². The van der Waals surface area contributed by atoms with E-state index in [1.807, 2.05) is 0 Å². The Bertz CT molecular complexity index is 943. The van der Waals surface area contributed by atoms with Gasteiger partial charge in [-0.1, -0.05) is 6.92 Å². The smallest absolute Gasteiger partial charge is 0.308 e. The zero-order chi connectivity index (χ0) is 26.4. The zero-order valence-electron chi connectivity index (χ0n) is 23.2. The van der Waals surface area contributed by atoms with Crippen LogP contribution in [0, 0.1) is 40.4 Å². The molecule has 3 saturated heterocycles. The molecule has 4 aliphatic carbocycles. The van der Waals surface area contributed by atoms with E-state index in [1.165, 1.54) is 45.6 Å². The molecule has 0 amide bonds. The number of hydrogen-bond donors (Lipinski definition) is 2. The Morgan fingerprint density at radius 2 is 1.82 bits per heavy atom. The first-order chi connectivity index (χ1) is 18.2. The van der Waals surface area contributed by atoms with Crippen LogP contribution in [0.2, 0.25) is 0 Å². The monoisotopic (exact) mass is 534 g/mol. The van der Waals surface area contributed by atoms with Gasteiger partial charge in [0, 0.05) is 12.5 Å². The van der Waals surface area contributed by atoms with E-state index in [4.69, 9.17) is 23.7 Å². The van der Waals surface area contributed by atoms with Crippen molar-refractivity contribution < 1.29 is 38.7 Å². The SMILES string of the molecule is CO[C@H]1[C@H](O)[C@H](O[C@H]2CC[C@@]3(C)[C@H](CC[C@H]4[C@H]5CC[C@@H]6[C@@]7(COC(=O)C7)OC[C@]56CC[C@@H]43)C2)O[C@@H](C)[C@@H]1O. The number of esters is 1. The number of ether oxygens (including phenoxy) is 5. The Hall–Kier alpha value is -0.770. The molecule has 0 bridgehead atoms. The van der Waals surface area contributed by atoms with Crippen LogP contribution in [0.5, 0.6) is 0 Å². The summed E-state index contributed by atoms with van der Waals surface area (Å²) < 4.78 is 29.6. The second-order valence-corrected chi connectivity index (χ2v) is 14.2. The third kappa shape index (κ3) is 3.59. The zero-order valence-corrected chi connectivity index (χ0v) is 23.2. The quantitative estimate of drug-likeness (QED) is 0.420. The van der Waals surface area contributed by atoms with Crippen molar-refractivity contribution in [3.63, 3.8) is 0 Å². The molecule has 2 N–H and O–H groups in total. The van der Waals surface area contributed by atoms with Gasteiger partial charge in [0.1, 0.15) is 30.5 Å². The highest BCUT2D eigenvalue weighted by Gasteiger charge is 2.70. The van der Waals surface area contributed by atoms with E-state index in [2.05, 4.69) is 6.92 Å². The van der Waals surface area contributed by atoms with E-state index in [9.17, 15) is 15.0 Å². The molecule has 0 aromatic rings. The molecule has 8 heteroatoms. The van der Waals surface area contributed by atoms with Gasteiger partial charge in [-0.05, 0) is 99.7 Å². The molecule has 0 radical (unpaired) electrons. The fourth-order valence-electron chi connectivity index (χ4n) is 11.0. The average Bonchev–Trinajstić information content (AvgIpc) is 3.56. The van der Waals surface area contributed by atoms with Crippen LogP contribution in [-0.4, -0.2) is 78.9 Å². The van der Waals surface area contributed by atoms with Crippen LogP contribution < -0.4 is 0 Å². The average molecular weight is 535 g/mol. The normalized spacial score (nSPS) is 57.7. The molecule has 214 valence electrons. The molecule has 38 heavy (non-hydrogen) atoms. The lowest BCUT2D eigenvalue weighted by molar-refractivity contribution is -0.312. The maximum Gasteiger partial charge on any atom is 0.308 e.